The van der Waals surface area contributed by atoms with Gasteiger partial charge in [0.1, 0.15) is 29.8 Å². The highest BCUT2D eigenvalue weighted by Crippen LogP contribution is 2.34. The molecule has 5 rings (SSSR count). The average molecular weight is 418 g/mol. The van der Waals surface area contributed by atoms with Crippen LogP contribution in [0.4, 0.5) is 8.78 Å². The van der Waals surface area contributed by atoms with E-state index in [9.17, 15) is 14.0 Å². The van der Waals surface area contributed by atoms with E-state index in [2.05, 4.69) is 21.1 Å². The van der Waals surface area contributed by atoms with Crippen molar-refractivity contribution in [3.63, 3.8) is 0 Å². The highest BCUT2D eigenvalue weighted by molar-refractivity contribution is 5.81. The van der Waals surface area contributed by atoms with Crippen LogP contribution in [0.5, 0.6) is 0 Å². The monoisotopic (exact) mass is 418 g/mol. The number of nitriles is 1. The SMILES string of the molecule is Cc1cn2ccc(-c3nc(C#N)ccc3-c3cnn(CC4C[C@@H](F)[C@H](F)C4)c3)cc2n1. The van der Waals surface area contributed by atoms with Crippen LogP contribution >= 0.6 is 0 Å². The van der Waals surface area contributed by atoms with Crippen LogP contribution in [-0.4, -0.2) is 36.5 Å². The van der Waals surface area contributed by atoms with Crippen LogP contribution in [0.3, 0.4) is 0 Å². The van der Waals surface area contributed by atoms with E-state index in [-0.39, 0.29) is 18.8 Å². The van der Waals surface area contributed by atoms with Crippen molar-refractivity contribution in [1.82, 2.24) is 24.1 Å². The number of hydrogen-bond acceptors (Lipinski definition) is 4. The Morgan fingerprint density at radius 1 is 1.10 bits per heavy atom. The predicted molar refractivity (Wildman–Crippen MR) is 112 cm³/mol. The second-order valence-electron chi connectivity index (χ2n) is 8.09. The smallest absolute Gasteiger partial charge is 0.141 e. The van der Waals surface area contributed by atoms with Crippen molar-refractivity contribution in [2.75, 3.05) is 0 Å². The molecule has 6 nitrogen and oxygen atoms in total. The summed E-state index contributed by atoms with van der Waals surface area (Å²) in [4.78, 5) is 9.06. The lowest BCUT2D eigenvalue weighted by Crippen LogP contribution is -2.08. The fraction of sp³-hybridized carbons (Fsp3) is 0.304. The van der Waals surface area contributed by atoms with E-state index in [1.807, 2.05) is 48.1 Å². The van der Waals surface area contributed by atoms with Crippen LogP contribution in [0, 0.1) is 24.2 Å². The zero-order valence-corrected chi connectivity index (χ0v) is 16.9. The fourth-order valence-electron chi connectivity index (χ4n) is 4.27. The maximum atomic E-state index is 13.5. The number of rotatable bonds is 4. The Morgan fingerprint density at radius 2 is 1.90 bits per heavy atom. The van der Waals surface area contributed by atoms with Gasteiger partial charge in [-0.3, -0.25) is 4.68 Å². The van der Waals surface area contributed by atoms with E-state index in [1.165, 1.54) is 0 Å². The Balaban J connectivity index is 1.51. The first-order valence-corrected chi connectivity index (χ1v) is 10.2. The summed E-state index contributed by atoms with van der Waals surface area (Å²) >= 11 is 0. The molecule has 1 aliphatic carbocycles. The molecule has 4 heterocycles. The van der Waals surface area contributed by atoms with Gasteiger partial charge in [-0.25, -0.2) is 18.7 Å². The fourth-order valence-corrected chi connectivity index (χ4v) is 4.27. The Bertz CT molecular complexity index is 1290. The molecule has 1 fully saturated rings. The molecule has 31 heavy (non-hydrogen) atoms. The standard InChI is InChI=1S/C23H20F2N6/c1-14-11-30-5-4-16(8-22(30)28-14)23-19(3-2-18(9-26)29-23)17-10-27-31(13-17)12-15-6-20(24)21(25)7-15/h2-5,8,10-11,13,15,20-21H,6-7,12H2,1H3/t20-,21-/m1/s1. The minimum Gasteiger partial charge on any atom is -0.307 e. The van der Waals surface area contributed by atoms with E-state index >= 15 is 0 Å². The minimum atomic E-state index is -1.38. The van der Waals surface area contributed by atoms with Crippen molar-refractivity contribution in [2.24, 2.45) is 5.92 Å². The normalized spacial score (nSPS) is 19.2. The van der Waals surface area contributed by atoms with E-state index in [1.54, 1.807) is 16.9 Å². The zero-order valence-electron chi connectivity index (χ0n) is 16.9. The second-order valence-corrected chi connectivity index (χ2v) is 8.09. The maximum absolute atomic E-state index is 13.5. The van der Waals surface area contributed by atoms with Crippen molar-refractivity contribution in [3.05, 3.63) is 60.4 Å². The van der Waals surface area contributed by atoms with E-state index in [0.29, 0.717) is 17.9 Å². The van der Waals surface area contributed by atoms with E-state index < -0.39 is 12.3 Å². The number of nitrogens with zero attached hydrogens (tertiary/aromatic N) is 6. The Morgan fingerprint density at radius 3 is 2.68 bits per heavy atom. The van der Waals surface area contributed by atoms with Crippen molar-refractivity contribution < 1.29 is 8.78 Å². The number of pyridine rings is 2. The summed E-state index contributed by atoms with van der Waals surface area (Å²) in [6.07, 6.45) is 5.14. The molecule has 156 valence electrons. The first kappa shape index (κ1) is 19.4. The third-order valence-electron chi connectivity index (χ3n) is 5.76. The molecule has 0 bridgehead atoms. The van der Waals surface area contributed by atoms with Crippen molar-refractivity contribution in [3.8, 4) is 28.5 Å². The summed E-state index contributed by atoms with van der Waals surface area (Å²) in [7, 11) is 0. The molecule has 0 unspecified atom stereocenters. The summed E-state index contributed by atoms with van der Waals surface area (Å²) < 4.78 is 30.7. The van der Waals surface area contributed by atoms with Crippen LogP contribution < -0.4 is 0 Å². The summed E-state index contributed by atoms with van der Waals surface area (Å²) in [5.74, 6) is -0.0672. The molecule has 4 aromatic rings. The van der Waals surface area contributed by atoms with Crippen molar-refractivity contribution in [2.45, 2.75) is 38.7 Å². The van der Waals surface area contributed by atoms with Gasteiger partial charge < -0.3 is 4.40 Å². The topological polar surface area (TPSA) is 71.8 Å². The molecule has 0 spiro atoms. The quantitative estimate of drug-likeness (QED) is 0.488. The van der Waals surface area contributed by atoms with Gasteiger partial charge in [-0.1, -0.05) is 0 Å². The molecule has 0 saturated heterocycles. The first-order chi connectivity index (χ1) is 15.0. The van der Waals surface area contributed by atoms with Gasteiger partial charge in [-0.2, -0.15) is 10.4 Å². The lowest BCUT2D eigenvalue weighted by Gasteiger charge is -2.09. The molecular formula is C23H20F2N6. The number of hydrogen-bond donors (Lipinski definition) is 0. The van der Waals surface area contributed by atoms with Gasteiger partial charge in [0.2, 0.25) is 0 Å². The van der Waals surface area contributed by atoms with Gasteiger partial charge in [-0.05, 0) is 49.9 Å². The molecule has 0 aromatic carbocycles. The number of imidazole rings is 1. The molecule has 0 radical (unpaired) electrons. The number of aryl methyl sites for hydroxylation is 1. The third kappa shape index (κ3) is 3.67. The highest BCUT2D eigenvalue weighted by atomic mass is 19.2. The molecule has 0 amide bonds. The van der Waals surface area contributed by atoms with Crippen LogP contribution in [0.25, 0.3) is 28.0 Å². The average Bonchev–Trinajstić information content (AvgIpc) is 3.45. The zero-order chi connectivity index (χ0) is 21.5. The Hall–Kier alpha value is -3.60. The molecule has 0 N–H and O–H groups in total. The lowest BCUT2D eigenvalue weighted by molar-refractivity contribution is 0.199. The predicted octanol–water partition coefficient (Wildman–Crippen LogP) is 4.53. The van der Waals surface area contributed by atoms with Gasteiger partial charge >= 0.3 is 0 Å². The molecule has 0 aliphatic heterocycles. The number of aromatic nitrogens is 5. The van der Waals surface area contributed by atoms with Gasteiger partial charge in [0.15, 0.2) is 0 Å². The Labute approximate surface area is 177 Å². The Kier molecular flexibility index (Phi) is 4.74. The maximum Gasteiger partial charge on any atom is 0.141 e. The van der Waals surface area contributed by atoms with Crippen LogP contribution in [0.2, 0.25) is 0 Å². The number of alkyl halides is 2. The molecule has 2 atom stereocenters. The molecule has 8 heteroatoms. The van der Waals surface area contributed by atoms with Crippen LogP contribution in [-0.2, 0) is 6.54 Å². The minimum absolute atomic E-state index is 0.0672. The van der Waals surface area contributed by atoms with Gasteiger partial charge in [0.05, 0.1) is 17.6 Å². The third-order valence-corrected chi connectivity index (χ3v) is 5.76. The largest absolute Gasteiger partial charge is 0.307 e. The van der Waals surface area contributed by atoms with Crippen LogP contribution in [0.15, 0.2) is 49.1 Å². The number of fused-ring (bicyclic) bond motifs is 1. The van der Waals surface area contributed by atoms with Crippen LogP contribution in [0.1, 0.15) is 24.2 Å². The summed E-state index contributed by atoms with van der Waals surface area (Å²) in [5.41, 5.74) is 5.19. The summed E-state index contributed by atoms with van der Waals surface area (Å²) in [6, 6.07) is 9.50. The lowest BCUT2D eigenvalue weighted by atomic mass is 10.0. The van der Waals surface area contributed by atoms with E-state index in [4.69, 9.17) is 0 Å². The summed E-state index contributed by atoms with van der Waals surface area (Å²) in [5, 5.41) is 13.7. The molecule has 1 saturated carbocycles. The highest BCUT2D eigenvalue weighted by Gasteiger charge is 2.34. The van der Waals surface area contributed by atoms with Gasteiger partial charge in [0, 0.05) is 41.8 Å². The van der Waals surface area contributed by atoms with Crippen molar-refractivity contribution >= 4 is 5.65 Å². The van der Waals surface area contributed by atoms with Gasteiger partial charge in [0.25, 0.3) is 0 Å². The second kappa shape index (κ2) is 7.58. The molecule has 4 aromatic heterocycles. The first-order valence-electron chi connectivity index (χ1n) is 10.2. The van der Waals surface area contributed by atoms with E-state index in [0.717, 1.165) is 28.0 Å². The molecular weight excluding hydrogens is 398 g/mol. The van der Waals surface area contributed by atoms with Crippen molar-refractivity contribution in [1.29, 1.82) is 5.26 Å². The molecule has 1 aliphatic rings. The number of halogens is 2. The summed E-state index contributed by atoms with van der Waals surface area (Å²) in [6.45, 7) is 2.40. The van der Waals surface area contributed by atoms with Gasteiger partial charge in [-0.15, -0.1) is 0 Å².